The monoisotopic (exact) mass is 312 g/mol. The molecule has 1 aromatic carbocycles. The number of nitrogens with one attached hydrogen (secondary N) is 1. The molecule has 2 aliphatic rings. The molecule has 118 valence electrons. The Balaban J connectivity index is 1.46. The predicted octanol–water partition coefficient (Wildman–Crippen LogP) is 2.06. The van der Waals surface area contributed by atoms with E-state index >= 15 is 0 Å². The van der Waals surface area contributed by atoms with E-state index in [0.29, 0.717) is 28.7 Å². The van der Waals surface area contributed by atoms with Crippen LogP contribution in [0.1, 0.15) is 23.2 Å². The molecule has 1 amide bonds. The molecule has 0 spiro atoms. The zero-order valence-corrected chi connectivity index (χ0v) is 12.5. The van der Waals surface area contributed by atoms with Crippen molar-refractivity contribution in [2.45, 2.75) is 12.8 Å². The average molecular weight is 312 g/mol. The maximum Gasteiger partial charge on any atom is 0.258 e. The number of fused-ring (bicyclic) bond motifs is 1. The molecule has 0 bridgehead atoms. The molecule has 0 aliphatic carbocycles. The molecular weight excluding hydrogens is 296 g/mol. The Morgan fingerprint density at radius 1 is 1.09 bits per heavy atom. The number of amides is 1. The van der Waals surface area contributed by atoms with E-state index in [1.54, 1.807) is 30.6 Å². The highest BCUT2D eigenvalue weighted by Crippen LogP contribution is 2.34. The summed E-state index contributed by atoms with van der Waals surface area (Å²) in [6, 6.07) is 5.27. The first-order valence-electron chi connectivity index (χ1n) is 7.57. The first kappa shape index (κ1) is 13.8. The summed E-state index contributed by atoms with van der Waals surface area (Å²) in [6.07, 6.45) is 5.44. The van der Waals surface area contributed by atoms with Crippen LogP contribution in [0.15, 0.2) is 30.6 Å². The number of aromatic nitrogens is 2. The number of hydrogen-bond acceptors (Lipinski definition) is 6. The molecule has 1 fully saturated rings. The zero-order valence-electron chi connectivity index (χ0n) is 12.5. The summed E-state index contributed by atoms with van der Waals surface area (Å²) in [5.74, 6) is 1.74. The van der Waals surface area contributed by atoms with Gasteiger partial charge < -0.3 is 19.7 Å². The summed E-state index contributed by atoms with van der Waals surface area (Å²) in [4.78, 5) is 23.0. The molecule has 7 heteroatoms. The fraction of sp³-hybridized carbons (Fsp3) is 0.312. The van der Waals surface area contributed by atoms with Gasteiger partial charge in [-0.3, -0.25) is 4.79 Å². The van der Waals surface area contributed by atoms with Crippen LogP contribution in [0.2, 0.25) is 0 Å². The van der Waals surface area contributed by atoms with E-state index in [1.165, 1.54) is 0 Å². The van der Waals surface area contributed by atoms with Crippen molar-refractivity contribution < 1.29 is 14.3 Å². The van der Waals surface area contributed by atoms with Gasteiger partial charge in [-0.15, -0.1) is 0 Å². The minimum Gasteiger partial charge on any atom is -0.454 e. The minimum absolute atomic E-state index is 0.207. The highest BCUT2D eigenvalue weighted by Gasteiger charge is 2.17. The second-order valence-electron chi connectivity index (χ2n) is 5.49. The van der Waals surface area contributed by atoms with Crippen molar-refractivity contribution in [2.24, 2.45) is 0 Å². The van der Waals surface area contributed by atoms with Gasteiger partial charge in [0.05, 0.1) is 5.56 Å². The molecule has 2 aliphatic heterocycles. The Bertz CT molecular complexity index is 727. The topological polar surface area (TPSA) is 76.6 Å². The zero-order chi connectivity index (χ0) is 15.6. The number of rotatable bonds is 3. The van der Waals surface area contributed by atoms with Crippen molar-refractivity contribution in [3.05, 3.63) is 36.2 Å². The van der Waals surface area contributed by atoms with E-state index in [-0.39, 0.29) is 12.7 Å². The van der Waals surface area contributed by atoms with Crippen LogP contribution in [-0.4, -0.2) is 35.8 Å². The third-order valence-electron chi connectivity index (χ3n) is 3.92. The highest BCUT2D eigenvalue weighted by molar-refractivity contribution is 6.04. The number of ether oxygens (including phenoxy) is 2. The molecule has 1 saturated heterocycles. The van der Waals surface area contributed by atoms with Gasteiger partial charge in [0, 0.05) is 37.2 Å². The second-order valence-corrected chi connectivity index (χ2v) is 5.49. The summed E-state index contributed by atoms with van der Waals surface area (Å²) in [5.41, 5.74) is 1.06. The van der Waals surface area contributed by atoms with Gasteiger partial charge in [-0.05, 0) is 25.0 Å². The van der Waals surface area contributed by atoms with Crippen LogP contribution < -0.4 is 19.7 Å². The minimum atomic E-state index is -0.253. The van der Waals surface area contributed by atoms with Crippen molar-refractivity contribution in [3.8, 4) is 11.5 Å². The number of carbonyl (C=O) groups is 1. The van der Waals surface area contributed by atoms with E-state index in [1.807, 2.05) is 0 Å². The van der Waals surface area contributed by atoms with Crippen LogP contribution in [0, 0.1) is 0 Å². The lowest BCUT2D eigenvalue weighted by Crippen LogP contribution is -2.21. The summed E-state index contributed by atoms with van der Waals surface area (Å²) >= 11 is 0. The van der Waals surface area contributed by atoms with Crippen molar-refractivity contribution in [1.29, 1.82) is 0 Å². The molecule has 0 radical (unpaired) electrons. The second kappa shape index (κ2) is 5.75. The Morgan fingerprint density at radius 2 is 1.83 bits per heavy atom. The first-order valence-corrected chi connectivity index (χ1v) is 7.57. The van der Waals surface area contributed by atoms with E-state index in [4.69, 9.17) is 9.47 Å². The molecule has 23 heavy (non-hydrogen) atoms. The van der Waals surface area contributed by atoms with Crippen LogP contribution in [0.25, 0.3) is 0 Å². The van der Waals surface area contributed by atoms with Crippen molar-refractivity contribution in [3.63, 3.8) is 0 Å². The Labute approximate surface area is 133 Å². The van der Waals surface area contributed by atoms with Crippen molar-refractivity contribution in [1.82, 2.24) is 9.97 Å². The van der Waals surface area contributed by atoms with E-state index in [0.717, 1.165) is 25.9 Å². The van der Waals surface area contributed by atoms with Crippen LogP contribution in [0.3, 0.4) is 0 Å². The van der Waals surface area contributed by atoms with Crippen LogP contribution in [0.4, 0.5) is 11.6 Å². The number of benzene rings is 1. The molecule has 0 atom stereocenters. The Hall–Kier alpha value is -2.83. The van der Waals surface area contributed by atoms with Crippen LogP contribution in [0.5, 0.6) is 11.5 Å². The number of anilines is 2. The third kappa shape index (κ3) is 2.77. The fourth-order valence-corrected chi connectivity index (χ4v) is 2.70. The number of carbonyl (C=O) groups excluding carboxylic acids is 1. The third-order valence-corrected chi connectivity index (χ3v) is 3.92. The van der Waals surface area contributed by atoms with Gasteiger partial charge in [-0.1, -0.05) is 0 Å². The van der Waals surface area contributed by atoms with Crippen LogP contribution >= 0.6 is 0 Å². The van der Waals surface area contributed by atoms with Crippen molar-refractivity contribution >= 4 is 17.5 Å². The van der Waals surface area contributed by atoms with E-state index < -0.39 is 0 Å². The largest absolute Gasteiger partial charge is 0.454 e. The van der Waals surface area contributed by atoms with Gasteiger partial charge in [0.1, 0.15) is 0 Å². The summed E-state index contributed by atoms with van der Waals surface area (Å²) in [7, 11) is 0. The molecular formula is C16H16N4O3. The van der Waals surface area contributed by atoms with Gasteiger partial charge in [0.2, 0.25) is 12.7 Å². The molecule has 1 N–H and O–H groups in total. The Kier molecular flexibility index (Phi) is 3.45. The lowest BCUT2D eigenvalue weighted by molar-refractivity contribution is 0.102. The lowest BCUT2D eigenvalue weighted by Gasteiger charge is -2.14. The van der Waals surface area contributed by atoms with Gasteiger partial charge in [0.25, 0.3) is 5.91 Å². The average Bonchev–Trinajstić information content (AvgIpc) is 3.26. The lowest BCUT2D eigenvalue weighted by atomic mass is 10.2. The molecule has 0 saturated carbocycles. The highest BCUT2D eigenvalue weighted by atomic mass is 16.7. The van der Waals surface area contributed by atoms with Gasteiger partial charge in [0.15, 0.2) is 11.5 Å². The van der Waals surface area contributed by atoms with E-state index in [9.17, 15) is 4.79 Å². The first-order chi connectivity index (χ1) is 11.3. The summed E-state index contributed by atoms with van der Waals surface area (Å²) < 4.78 is 10.5. The van der Waals surface area contributed by atoms with Crippen LogP contribution in [-0.2, 0) is 0 Å². The number of hydrogen-bond donors (Lipinski definition) is 1. The quantitative estimate of drug-likeness (QED) is 0.935. The fourth-order valence-electron chi connectivity index (χ4n) is 2.70. The van der Waals surface area contributed by atoms with Gasteiger partial charge in [-0.25, -0.2) is 9.97 Å². The maximum absolute atomic E-state index is 12.3. The molecule has 3 heterocycles. The Morgan fingerprint density at radius 3 is 2.61 bits per heavy atom. The van der Waals surface area contributed by atoms with Gasteiger partial charge in [-0.2, -0.15) is 0 Å². The predicted molar refractivity (Wildman–Crippen MR) is 84.0 cm³/mol. The van der Waals surface area contributed by atoms with E-state index in [2.05, 4.69) is 20.2 Å². The van der Waals surface area contributed by atoms with Crippen molar-refractivity contribution in [2.75, 3.05) is 30.1 Å². The molecule has 4 rings (SSSR count). The molecule has 7 nitrogen and oxygen atoms in total. The SMILES string of the molecule is O=C(Nc1ccc2c(c1)OCO2)c1cnc(N2CCCC2)nc1. The molecule has 0 unspecified atom stereocenters. The summed E-state index contributed by atoms with van der Waals surface area (Å²) in [5, 5.41) is 2.81. The molecule has 1 aromatic heterocycles. The maximum atomic E-state index is 12.3. The summed E-state index contributed by atoms with van der Waals surface area (Å²) in [6.45, 7) is 2.16. The normalized spacial score (nSPS) is 15.7. The number of nitrogens with zero attached hydrogens (tertiary/aromatic N) is 3. The van der Waals surface area contributed by atoms with Gasteiger partial charge >= 0.3 is 0 Å². The molecule has 2 aromatic rings. The standard InChI is InChI=1S/C16H16N4O3/c21-15(19-12-3-4-13-14(7-12)23-10-22-13)11-8-17-16(18-9-11)20-5-1-2-6-20/h3-4,7-9H,1-2,5-6,10H2,(H,19,21). The smallest absolute Gasteiger partial charge is 0.258 e.